The molecule has 0 N–H and O–H groups in total. The maximum atomic E-state index is 6.56. The first-order valence-corrected chi connectivity index (χ1v) is 15.5. The summed E-state index contributed by atoms with van der Waals surface area (Å²) in [6, 6.07) is 57.3. The second-order valence-electron chi connectivity index (χ2n) is 12.0. The van der Waals surface area contributed by atoms with Crippen molar-refractivity contribution < 1.29 is 4.42 Å². The number of benzene rings is 9. The molecule has 0 aliphatic carbocycles. The smallest absolute Gasteiger partial charge is 0.136 e. The summed E-state index contributed by atoms with van der Waals surface area (Å²) < 4.78 is 6.56. The topological polar surface area (TPSA) is 13.1 Å². The zero-order chi connectivity index (χ0) is 29.5. The second kappa shape index (κ2) is 9.29. The van der Waals surface area contributed by atoms with Crippen LogP contribution in [0.1, 0.15) is 0 Å². The van der Waals surface area contributed by atoms with Gasteiger partial charge in [-0.15, -0.1) is 0 Å². The third kappa shape index (κ3) is 3.50. The van der Waals surface area contributed by atoms with E-state index in [1.165, 1.54) is 81.7 Å². The van der Waals surface area contributed by atoms with Crippen molar-refractivity contribution in [3.05, 3.63) is 158 Å². The lowest BCUT2D eigenvalue weighted by Gasteiger charge is -2.20. The fourth-order valence-electron chi connectivity index (χ4n) is 7.70. The second-order valence-corrected chi connectivity index (χ2v) is 12.0. The van der Waals surface area contributed by atoms with Crippen molar-refractivity contribution >= 4 is 65.0 Å². The third-order valence-corrected chi connectivity index (χ3v) is 9.59. The monoisotopic (exact) mass is 570 g/mol. The van der Waals surface area contributed by atoms with Gasteiger partial charge in [0, 0.05) is 10.8 Å². The summed E-state index contributed by atoms with van der Waals surface area (Å²) >= 11 is 0. The fourth-order valence-corrected chi connectivity index (χ4v) is 7.70. The summed E-state index contributed by atoms with van der Waals surface area (Å²) in [5.74, 6) is 0. The van der Waals surface area contributed by atoms with Crippen LogP contribution in [0.3, 0.4) is 0 Å². The van der Waals surface area contributed by atoms with Gasteiger partial charge in [0.25, 0.3) is 0 Å². The molecule has 1 aromatic heterocycles. The van der Waals surface area contributed by atoms with E-state index in [9.17, 15) is 0 Å². The van der Waals surface area contributed by atoms with E-state index in [0.717, 1.165) is 16.7 Å². The molecule has 0 spiro atoms. The Bertz CT molecular complexity index is 2680. The SMILES string of the molecule is c1ccc(-c2cc3oc4cccc5cc(-c6c7ccccc7c(-c7cccc8ccccc78)c7ccccc67)c(c2)c3c54)cc1. The minimum atomic E-state index is 0.931. The standard InChI is InChI=1S/C44H26O/c1-2-12-27(13-3-1)30-25-38-37(24-29-16-11-23-39-41(29)44(38)40(26-30)45-39)43-35-20-8-6-18-33(35)42(34-19-7-9-21-36(34)43)32-22-10-15-28-14-4-5-17-31(28)32/h1-26H. The van der Waals surface area contributed by atoms with Gasteiger partial charge < -0.3 is 4.42 Å². The average molecular weight is 571 g/mol. The molecule has 45 heavy (non-hydrogen) atoms. The molecule has 0 atom stereocenters. The van der Waals surface area contributed by atoms with Crippen LogP contribution in [0.4, 0.5) is 0 Å². The third-order valence-electron chi connectivity index (χ3n) is 9.59. The molecular formula is C44H26O. The summed E-state index contributed by atoms with van der Waals surface area (Å²) in [6.07, 6.45) is 0. The van der Waals surface area contributed by atoms with Crippen molar-refractivity contribution in [1.82, 2.24) is 0 Å². The van der Waals surface area contributed by atoms with Crippen molar-refractivity contribution in [1.29, 1.82) is 0 Å². The summed E-state index contributed by atoms with van der Waals surface area (Å²) in [5.41, 5.74) is 9.25. The Balaban J connectivity index is 1.40. The zero-order valence-electron chi connectivity index (χ0n) is 24.4. The molecule has 1 heteroatoms. The highest BCUT2D eigenvalue weighted by molar-refractivity contribution is 6.30. The molecule has 10 rings (SSSR count). The van der Waals surface area contributed by atoms with E-state index in [1.807, 2.05) is 0 Å². The van der Waals surface area contributed by atoms with Crippen molar-refractivity contribution in [2.75, 3.05) is 0 Å². The molecule has 1 heterocycles. The molecule has 0 radical (unpaired) electrons. The average Bonchev–Trinajstić information content (AvgIpc) is 3.49. The lowest BCUT2D eigenvalue weighted by Crippen LogP contribution is -1.93. The van der Waals surface area contributed by atoms with Crippen LogP contribution in [0.5, 0.6) is 0 Å². The predicted molar refractivity (Wildman–Crippen MR) is 191 cm³/mol. The van der Waals surface area contributed by atoms with Gasteiger partial charge in [-0.05, 0) is 101 Å². The normalized spacial score (nSPS) is 12.0. The Morgan fingerprint density at radius 2 is 0.889 bits per heavy atom. The first kappa shape index (κ1) is 24.5. The summed E-state index contributed by atoms with van der Waals surface area (Å²) in [6.45, 7) is 0. The van der Waals surface area contributed by atoms with Crippen LogP contribution in [-0.2, 0) is 0 Å². The van der Waals surface area contributed by atoms with Crippen LogP contribution in [0.25, 0.3) is 98.4 Å². The maximum Gasteiger partial charge on any atom is 0.136 e. The van der Waals surface area contributed by atoms with Crippen molar-refractivity contribution in [2.45, 2.75) is 0 Å². The van der Waals surface area contributed by atoms with Gasteiger partial charge in [-0.3, -0.25) is 0 Å². The van der Waals surface area contributed by atoms with Crippen LogP contribution in [0.2, 0.25) is 0 Å². The summed E-state index contributed by atoms with van der Waals surface area (Å²) in [7, 11) is 0. The lowest BCUT2D eigenvalue weighted by molar-refractivity contribution is 0.669. The van der Waals surface area contributed by atoms with Gasteiger partial charge in [-0.2, -0.15) is 0 Å². The number of hydrogen-bond acceptors (Lipinski definition) is 1. The minimum Gasteiger partial charge on any atom is -0.456 e. The molecular weight excluding hydrogens is 544 g/mol. The molecule has 0 bridgehead atoms. The molecule has 0 saturated heterocycles. The molecule has 0 amide bonds. The van der Waals surface area contributed by atoms with Crippen molar-refractivity contribution in [2.24, 2.45) is 0 Å². The van der Waals surface area contributed by atoms with E-state index >= 15 is 0 Å². The predicted octanol–water partition coefficient (Wildman–Crippen LogP) is 12.6. The highest BCUT2D eigenvalue weighted by Gasteiger charge is 2.23. The minimum absolute atomic E-state index is 0.931. The molecule has 0 unspecified atom stereocenters. The van der Waals surface area contributed by atoms with E-state index in [2.05, 4.69) is 158 Å². The van der Waals surface area contributed by atoms with E-state index in [-0.39, 0.29) is 0 Å². The van der Waals surface area contributed by atoms with Gasteiger partial charge in [-0.25, -0.2) is 0 Å². The van der Waals surface area contributed by atoms with Gasteiger partial charge in [-0.1, -0.05) is 133 Å². The molecule has 0 aliphatic heterocycles. The quantitative estimate of drug-likeness (QED) is 0.152. The Morgan fingerprint density at radius 1 is 0.311 bits per heavy atom. The van der Waals surface area contributed by atoms with Crippen LogP contribution >= 0.6 is 0 Å². The molecule has 10 aromatic rings. The van der Waals surface area contributed by atoms with E-state index in [4.69, 9.17) is 4.42 Å². The number of rotatable bonds is 3. The van der Waals surface area contributed by atoms with E-state index < -0.39 is 0 Å². The Hall–Kier alpha value is -5.92. The van der Waals surface area contributed by atoms with Gasteiger partial charge in [0.05, 0.1) is 0 Å². The molecule has 1 nitrogen and oxygen atoms in total. The number of hydrogen-bond donors (Lipinski definition) is 0. The number of fused-ring (bicyclic) bond motifs is 3. The van der Waals surface area contributed by atoms with Crippen molar-refractivity contribution in [3.8, 4) is 33.4 Å². The van der Waals surface area contributed by atoms with Crippen LogP contribution in [0, 0.1) is 0 Å². The number of furan rings is 1. The zero-order valence-corrected chi connectivity index (χ0v) is 24.4. The lowest BCUT2D eigenvalue weighted by atomic mass is 9.82. The van der Waals surface area contributed by atoms with Crippen LogP contribution < -0.4 is 0 Å². The molecule has 9 aromatic carbocycles. The largest absolute Gasteiger partial charge is 0.456 e. The fraction of sp³-hybridized carbons (Fsp3) is 0. The first-order valence-electron chi connectivity index (χ1n) is 15.5. The molecule has 0 aliphatic rings. The molecule has 208 valence electrons. The van der Waals surface area contributed by atoms with Gasteiger partial charge in [0.15, 0.2) is 0 Å². The van der Waals surface area contributed by atoms with Crippen molar-refractivity contribution in [3.63, 3.8) is 0 Å². The summed E-state index contributed by atoms with van der Waals surface area (Å²) in [4.78, 5) is 0. The highest BCUT2D eigenvalue weighted by atomic mass is 16.3. The van der Waals surface area contributed by atoms with E-state index in [0.29, 0.717) is 0 Å². The Labute approximate surface area is 259 Å². The summed E-state index contributed by atoms with van der Waals surface area (Å²) in [5, 5.41) is 12.4. The van der Waals surface area contributed by atoms with Gasteiger partial charge >= 0.3 is 0 Å². The molecule has 0 saturated carbocycles. The first-order chi connectivity index (χ1) is 22.3. The Morgan fingerprint density at radius 3 is 1.62 bits per heavy atom. The highest BCUT2D eigenvalue weighted by Crippen LogP contribution is 2.49. The van der Waals surface area contributed by atoms with E-state index in [1.54, 1.807) is 0 Å². The Kier molecular flexibility index (Phi) is 5.06. The van der Waals surface area contributed by atoms with Crippen LogP contribution in [-0.4, -0.2) is 0 Å². The molecule has 0 fully saturated rings. The maximum absolute atomic E-state index is 6.56. The van der Waals surface area contributed by atoms with Gasteiger partial charge in [0.2, 0.25) is 0 Å². The van der Waals surface area contributed by atoms with Gasteiger partial charge in [0.1, 0.15) is 11.2 Å². The van der Waals surface area contributed by atoms with Crippen LogP contribution in [0.15, 0.2) is 162 Å².